The highest BCUT2D eigenvalue weighted by Crippen LogP contribution is 2.26. The molecule has 3 rings (SSSR count). The van der Waals surface area contributed by atoms with Gasteiger partial charge in [0, 0.05) is 11.9 Å². The summed E-state index contributed by atoms with van der Waals surface area (Å²) >= 11 is 0. The van der Waals surface area contributed by atoms with Gasteiger partial charge in [0.15, 0.2) is 9.84 Å². The molecular weight excluding hydrogens is 408 g/mol. The minimum Gasteiger partial charge on any atom is -0.309 e. The quantitative estimate of drug-likeness (QED) is 0.574. The van der Waals surface area contributed by atoms with Gasteiger partial charge in [0.25, 0.3) is 5.56 Å². The van der Waals surface area contributed by atoms with Crippen molar-refractivity contribution < 1.29 is 8.42 Å². The van der Waals surface area contributed by atoms with Crippen molar-refractivity contribution in [3.05, 3.63) is 93.9 Å². The van der Waals surface area contributed by atoms with E-state index in [0.29, 0.717) is 6.54 Å². The van der Waals surface area contributed by atoms with Gasteiger partial charge in [-0.1, -0.05) is 67.9 Å². The molecule has 0 saturated heterocycles. The van der Waals surface area contributed by atoms with Gasteiger partial charge in [0.2, 0.25) is 0 Å². The molecule has 0 saturated carbocycles. The highest BCUT2D eigenvalue weighted by Gasteiger charge is 2.36. The maximum atomic E-state index is 13.5. The average Bonchev–Trinajstić information content (AvgIpc) is 2.74. The third kappa shape index (κ3) is 4.81. The Kier molecular flexibility index (Phi) is 6.82. The largest absolute Gasteiger partial charge is 0.309 e. The van der Waals surface area contributed by atoms with E-state index in [4.69, 9.17) is 5.73 Å². The number of rotatable bonds is 8. The van der Waals surface area contributed by atoms with E-state index >= 15 is 0 Å². The van der Waals surface area contributed by atoms with Gasteiger partial charge in [-0.05, 0) is 48.6 Å². The maximum absolute atomic E-state index is 13.5. The molecule has 1 unspecified atom stereocenters. The second kappa shape index (κ2) is 9.20. The van der Waals surface area contributed by atoms with E-state index in [9.17, 15) is 13.2 Å². The molecule has 1 heterocycles. The number of hydrogen-bond acceptors (Lipinski definition) is 4. The molecule has 1 aromatic heterocycles. The molecule has 31 heavy (non-hydrogen) atoms. The van der Waals surface area contributed by atoms with Crippen LogP contribution in [0.5, 0.6) is 0 Å². The normalized spacial score (nSPS) is 13.7. The average molecular weight is 439 g/mol. The number of nitrogens with zero attached hydrogens (tertiary/aromatic N) is 1. The fourth-order valence-electron chi connectivity index (χ4n) is 3.67. The van der Waals surface area contributed by atoms with Crippen LogP contribution in [0.3, 0.4) is 0 Å². The predicted octanol–water partition coefficient (Wildman–Crippen LogP) is 4.08. The van der Waals surface area contributed by atoms with E-state index in [1.54, 1.807) is 10.6 Å². The Morgan fingerprint density at radius 1 is 0.968 bits per heavy atom. The first kappa shape index (κ1) is 23.0. The number of hydrogen-bond donors (Lipinski definition) is 1. The van der Waals surface area contributed by atoms with E-state index in [2.05, 4.69) is 6.92 Å². The van der Waals surface area contributed by atoms with Crippen molar-refractivity contribution in [1.29, 1.82) is 0 Å². The van der Waals surface area contributed by atoms with Crippen LogP contribution in [0.2, 0.25) is 0 Å². The Balaban J connectivity index is 2.17. The van der Waals surface area contributed by atoms with Gasteiger partial charge in [0.1, 0.15) is 4.87 Å². The summed E-state index contributed by atoms with van der Waals surface area (Å²) in [5, 5.41) is 0. The molecule has 0 radical (unpaired) electrons. The number of nitrogens with two attached hydrogens (primary N) is 1. The van der Waals surface area contributed by atoms with Crippen LogP contribution in [0.25, 0.3) is 11.1 Å². The molecular formula is C25H30N2O3S. The number of sulfone groups is 1. The molecule has 0 spiro atoms. The van der Waals surface area contributed by atoms with Crippen molar-refractivity contribution in [1.82, 2.24) is 4.57 Å². The molecule has 0 aliphatic heterocycles. The second-order valence-electron chi connectivity index (χ2n) is 8.14. The standard InChI is InChI=1S/C25H30N2O3S/c1-4-5-14-21-16-17-23(25(2,26)31(3,29)30)24(28)27(21)18-20-13-9-10-15-22(20)19-11-7-6-8-12-19/h6-13,15-17H,4-5,14,18,26H2,1-3H3. The van der Waals surface area contributed by atoms with Gasteiger partial charge in [0.05, 0.1) is 12.1 Å². The Morgan fingerprint density at radius 2 is 1.61 bits per heavy atom. The molecule has 1 atom stereocenters. The zero-order valence-corrected chi connectivity index (χ0v) is 19.2. The molecule has 0 fully saturated rings. The summed E-state index contributed by atoms with van der Waals surface area (Å²) in [6, 6.07) is 21.4. The molecule has 5 nitrogen and oxygen atoms in total. The van der Waals surface area contributed by atoms with Crippen molar-refractivity contribution in [3.63, 3.8) is 0 Å². The van der Waals surface area contributed by atoms with E-state index < -0.39 is 14.7 Å². The Labute approximate surface area is 184 Å². The van der Waals surface area contributed by atoms with Crippen LogP contribution in [0.15, 0.2) is 71.5 Å². The molecule has 0 amide bonds. The first-order valence-electron chi connectivity index (χ1n) is 10.5. The summed E-state index contributed by atoms with van der Waals surface area (Å²) in [5.74, 6) is 0. The smallest absolute Gasteiger partial charge is 0.257 e. The van der Waals surface area contributed by atoms with Crippen molar-refractivity contribution in [2.24, 2.45) is 5.73 Å². The number of benzene rings is 2. The summed E-state index contributed by atoms with van der Waals surface area (Å²) in [6.45, 7) is 3.83. The van der Waals surface area contributed by atoms with Gasteiger partial charge >= 0.3 is 0 Å². The van der Waals surface area contributed by atoms with Gasteiger partial charge in [-0.25, -0.2) is 8.42 Å². The maximum Gasteiger partial charge on any atom is 0.257 e. The van der Waals surface area contributed by atoms with Crippen LogP contribution in [-0.4, -0.2) is 19.2 Å². The topological polar surface area (TPSA) is 82.2 Å². The Morgan fingerprint density at radius 3 is 2.26 bits per heavy atom. The Hall–Kier alpha value is -2.70. The minimum atomic E-state index is -3.68. The van der Waals surface area contributed by atoms with Crippen molar-refractivity contribution in [2.75, 3.05) is 6.26 Å². The predicted molar refractivity (Wildman–Crippen MR) is 127 cm³/mol. The monoisotopic (exact) mass is 438 g/mol. The van der Waals surface area contributed by atoms with Crippen LogP contribution >= 0.6 is 0 Å². The zero-order valence-electron chi connectivity index (χ0n) is 18.3. The first-order chi connectivity index (χ1) is 14.7. The molecule has 2 N–H and O–H groups in total. The summed E-state index contributed by atoms with van der Waals surface area (Å²) < 4.78 is 26.3. The summed E-state index contributed by atoms with van der Waals surface area (Å²) in [7, 11) is -3.68. The molecule has 0 bridgehead atoms. The third-order valence-corrected chi connectivity index (χ3v) is 7.55. The summed E-state index contributed by atoms with van der Waals surface area (Å²) in [5.41, 5.74) is 9.86. The number of pyridine rings is 1. The van der Waals surface area contributed by atoms with Crippen LogP contribution in [-0.2, 0) is 27.7 Å². The van der Waals surface area contributed by atoms with E-state index in [0.717, 1.165) is 47.9 Å². The second-order valence-corrected chi connectivity index (χ2v) is 10.5. The third-order valence-electron chi connectivity index (χ3n) is 5.79. The molecule has 164 valence electrons. The number of aromatic nitrogens is 1. The lowest BCUT2D eigenvalue weighted by atomic mass is 9.99. The van der Waals surface area contributed by atoms with Crippen LogP contribution in [0, 0.1) is 0 Å². The molecule has 6 heteroatoms. The lowest BCUT2D eigenvalue weighted by Crippen LogP contribution is -2.46. The summed E-state index contributed by atoms with van der Waals surface area (Å²) in [6.07, 6.45) is 3.73. The van der Waals surface area contributed by atoms with Crippen LogP contribution in [0.1, 0.15) is 43.5 Å². The van der Waals surface area contributed by atoms with Gasteiger partial charge in [-0.2, -0.15) is 0 Å². The van der Waals surface area contributed by atoms with E-state index in [1.807, 2.05) is 60.7 Å². The highest BCUT2D eigenvalue weighted by molar-refractivity contribution is 7.91. The van der Waals surface area contributed by atoms with E-state index in [1.165, 1.54) is 6.92 Å². The lowest BCUT2D eigenvalue weighted by Gasteiger charge is -2.24. The molecule has 0 aliphatic carbocycles. The van der Waals surface area contributed by atoms with Crippen molar-refractivity contribution in [3.8, 4) is 11.1 Å². The SMILES string of the molecule is CCCCc1ccc(C(C)(N)S(C)(=O)=O)c(=O)n1Cc1ccccc1-c1ccccc1. The van der Waals surface area contributed by atoms with Crippen LogP contribution in [0.4, 0.5) is 0 Å². The molecule has 3 aromatic rings. The fourth-order valence-corrected chi connectivity index (χ4v) is 4.23. The number of unbranched alkanes of at least 4 members (excludes halogenated alkanes) is 1. The minimum absolute atomic E-state index is 0.0902. The zero-order chi connectivity index (χ0) is 22.6. The number of aryl methyl sites for hydroxylation is 1. The lowest BCUT2D eigenvalue weighted by molar-refractivity contribution is 0.544. The van der Waals surface area contributed by atoms with Crippen molar-refractivity contribution >= 4 is 9.84 Å². The molecule has 0 aliphatic rings. The van der Waals surface area contributed by atoms with Gasteiger partial charge < -0.3 is 10.3 Å². The van der Waals surface area contributed by atoms with E-state index in [-0.39, 0.29) is 11.1 Å². The van der Waals surface area contributed by atoms with Gasteiger partial charge in [-0.3, -0.25) is 4.79 Å². The Bertz CT molecular complexity index is 1210. The highest BCUT2D eigenvalue weighted by atomic mass is 32.2. The molecule has 2 aromatic carbocycles. The fraction of sp³-hybridized carbons (Fsp3) is 0.320. The summed E-state index contributed by atoms with van der Waals surface area (Å²) in [4.78, 5) is 11.8. The van der Waals surface area contributed by atoms with Crippen molar-refractivity contribution in [2.45, 2.75) is 44.5 Å². The first-order valence-corrected chi connectivity index (χ1v) is 12.4. The van der Waals surface area contributed by atoms with Gasteiger partial charge in [-0.15, -0.1) is 0 Å². The van der Waals surface area contributed by atoms with Crippen LogP contribution < -0.4 is 11.3 Å².